The van der Waals surface area contributed by atoms with E-state index in [4.69, 9.17) is 9.47 Å². The molecule has 27 heavy (non-hydrogen) atoms. The number of aromatic nitrogens is 1. The molecule has 1 amide bonds. The van der Waals surface area contributed by atoms with Crippen LogP contribution in [0.3, 0.4) is 0 Å². The molecule has 0 bridgehead atoms. The average molecular weight is 366 g/mol. The second kappa shape index (κ2) is 6.80. The van der Waals surface area contributed by atoms with Crippen molar-refractivity contribution in [2.45, 2.75) is 45.4 Å². The number of hydrogen-bond acceptors (Lipinski definition) is 3. The van der Waals surface area contributed by atoms with E-state index >= 15 is 0 Å². The normalized spacial score (nSPS) is 17.1. The summed E-state index contributed by atoms with van der Waals surface area (Å²) < 4.78 is 10.8. The largest absolute Gasteiger partial charge is 0.493 e. The second-order valence-corrected chi connectivity index (χ2v) is 7.54. The van der Waals surface area contributed by atoms with Gasteiger partial charge in [0.15, 0.2) is 11.5 Å². The van der Waals surface area contributed by atoms with Crippen LogP contribution in [0.5, 0.6) is 11.5 Å². The zero-order valence-corrected chi connectivity index (χ0v) is 16.4. The number of H-pyrrole nitrogens is 1. The van der Waals surface area contributed by atoms with Crippen molar-refractivity contribution in [1.82, 2.24) is 4.98 Å². The molecule has 2 aliphatic rings. The third kappa shape index (κ3) is 2.91. The predicted molar refractivity (Wildman–Crippen MR) is 108 cm³/mol. The average Bonchev–Trinajstić information content (AvgIpc) is 3.17. The van der Waals surface area contributed by atoms with Gasteiger partial charge in [-0.3, -0.25) is 4.79 Å². The summed E-state index contributed by atoms with van der Waals surface area (Å²) >= 11 is 0. The number of carbonyl (C=O) groups excluding carboxylic acids is 1. The lowest BCUT2D eigenvalue weighted by Gasteiger charge is -2.14. The first-order valence-corrected chi connectivity index (χ1v) is 9.56. The van der Waals surface area contributed by atoms with Crippen molar-refractivity contribution in [3.05, 3.63) is 40.2 Å². The fraction of sp³-hybridized carbons (Fsp3) is 0.409. The van der Waals surface area contributed by atoms with Gasteiger partial charge in [0.25, 0.3) is 5.91 Å². The molecule has 0 spiro atoms. The van der Waals surface area contributed by atoms with Crippen LogP contribution in [-0.4, -0.2) is 25.1 Å². The Balaban J connectivity index is 1.85. The quantitative estimate of drug-likeness (QED) is 0.782. The maximum Gasteiger partial charge on any atom is 0.256 e. The third-order valence-corrected chi connectivity index (χ3v) is 5.54. The van der Waals surface area contributed by atoms with Gasteiger partial charge in [0.1, 0.15) is 0 Å². The van der Waals surface area contributed by atoms with E-state index < -0.39 is 0 Å². The topological polar surface area (TPSA) is 63.4 Å². The van der Waals surface area contributed by atoms with Gasteiger partial charge in [-0.2, -0.15) is 0 Å². The number of hydrogen-bond donors (Lipinski definition) is 2. The number of aromatic amines is 1. The van der Waals surface area contributed by atoms with E-state index in [1.807, 2.05) is 18.2 Å². The predicted octanol–water partition coefficient (Wildman–Crippen LogP) is 4.53. The van der Waals surface area contributed by atoms with E-state index in [0.29, 0.717) is 23.0 Å². The Morgan fingerprint density at radius 1 is 1.07 bits per heavy atom. The van der Waals surface area contributed by atoms with Crippen LogP contribution in [0.25, 0.3) is 11.6 Å². The van der Waals surface area contributed by atoms with Crippen molar-refractivity contribution in [3.63, 3.8) is 0 Å². The number of methoxy groups -OCH3 is 2. The molecule has 0 saturated carbocycles. The van der Waals surface area contributed by atoms with E-state index in [-0.39, 0.29) is 5.91 Å². The standard InChI is InChI=1S/C22H26N2O3/c1-12(2)21-13-7-5-6-8-16(13)23-18(21)9-15-14-10-19(26-3)20(27-4)11-17(14)24-22(15)25/h9-12,23H,5-8H2,1-4H3,(H,24,25). The minimum atomic E-state index is -0.0948. The monoisotopic (exact) mass is 366 g/mol. The highest BCUT2D eigenvalue weighted by atomic mass is 16.5. The van der Waals surface area contributed by atoms with Crippen molar-refractivity contribution in [2.24, 2.45) is 0 Å². The molecule has 5 nitrogen and oxygen atoms in total. The van der Waals surface area contributed by atoms with Crippen LogP contribution in [0.1, 0.15) is 60.7 Å². The molecule has 2 N–H and O–H groups in total. The van der Waals surface area contributed by atoms with Gasteiger partial charge in [0.05, 0.1) is 25.5 Å². The molecule has 1 aliphatic carbocycles. The van der Waals surface area contributed by atoms with E-state index in [9.17, 15) is 4.79 Å². The molecular formula is C22H26N2O3. The SMILES string of the molecule is COc1cc2c(cc1OC)C(=Cc1[nH]c3c(c1C(C)C)CCCC3)C(=O)N2. The van der Waals surface area contributed by atoms with Gasteiger partial charge in [-0.1, -0.05) is 13.8 Å². The maximum atomic E-state index is 12.7. The van der Waals surface area contributed by atoms with Crippen molar-refractivity contribution >= 4 is 23.2 Å². The van der Waals surface area contributed by atoms with Crippen LogP contribution >= 0.6 is 0 Å². The van der Waals surface area contributed by atoms with Crippen LogP contribution in [0.2, 0.25) is 0 Å². The number of anilines is 1. The Kier molecular flexibility index (Phi) is 4.46. The van der Waals surface area contributed by atoms with Gasteiger partial charge in [-0.05, 0) is 54.9 Å². The molecule has 0 saturated heterocycles. The van der Waals surface area contributed by atoms with Crippen molar-refractivity contribution in [2.75, 3.05) is 19.5 Å². The third-order valence-electron chi connectivity index (χ3n) is 5.54. The van der Waals surface area contributed by atoms with Crippen LogP contribution in [0, 0.1) is 0 Å². The van der Waals surface area contributed by atoms with Gasteiger partial charge in [0, 0.05) is 23.0 Å². The van der Waals surface area contributed by atoms with Crippen LogP contribution in [0.4, 0.5) is 5.69 Å². The summed E-state index contributed by atoms with van der Waals surface area (Å²) in [5.41, 5.74) is 7.46. The summed E-state index contributed by atoms with van der Waals surface area (Å²) in [4.78, 5) is 16.3. The smallest absolute Gasteiger partial charge is 0.256 e. The molecule has 2 aromatic rings. The highest BCUT2D eigenvalue weighted by molar-refractivity contribution is 6.35. The Labute approximate surface area is 159 Å². The molecule has 1 aliphatic heterocycles. The summed E-state index contributed by atoms with van der Waals surface area (Å²) in [6, 6.07) is 3.69. The molecule has 5 heteroatoms. The lowest BCUT2D eigenvalue weighted by atomic mass is 9.89. The van der Waals surface area contributed by atoms with E-state index in [1.165, 1.54) is 29.7 Å². The molecule has 0 unspecified atom stereocenters. The molecule has 2 heterocycles. The van der Waals surface area contributed by atoms with Gasteiger partial charge < -0.3 is 19.8 Å². The molecule has 1 aromatic carbocycles. The first-order chi connectivity index (χ1) is 13.0. The Morgan fingerprint density at radius 3 is 2.48 bits per heavy atom. The van der Waals surface area contributed by atoms with Gasteiger partial charge in [0.2, 0.25) is 0 Å². The molecular weight excluding hydrogens is 340 g/mol. The summed E-state index contributed by atoms with van der Waals surface area (Å²) in [7, 11) is 3.20. The van der Waals surface area contributed by atoms with Crippen molar-refractivity contribution in [3.8, 4) is 11.5 Å². The highest BCUT2D eigenvalue weighted by Crippen LogP contribution is 2.42. The Morgan fingerprint density at radius 2 is 1.78 bits per heavy atom. The Bertz CT molecular complexity index is 938. The summed E-state index contributed by atoms with van der Waals surface area (Å²) in [6.07, 6.45) is 6.67. The van der Waals surface area contributed by atoms with Crippen LogP contribution < -0.4 is 14.8 Å². The molecule has 1 aromatic heterocycles. The van der Waals surface area contributed by atoms with Gasteiger partial charge in [-0.25, -0.2) is 0 Å². The number of fused-ring (bicyclic) bond motifs is 2. The van der Waals surface area contributed by atoms with E-state index in [2.05, 4.69) is 24.1 Å². The molecule has 4 rings (SSSR count). The van der Waals surface area contributed by atoms with Crippen LogP contribution in [-0.2, 0) is 17.6 Å². The molecule has 142 valence electrons. The lowest BCUT2D eigenvalue weighted by molar-refractivity contribution is -0.110. The van der Waals surface area contributed by atoms with E-state index in [0.717, 1.165) is 29.8 Å². The van der Waals surface area contributed by atoms with Crippen molar-refractivity contribution < 1.29 is 14.3 Å². The number of carbonyl (C=O) groups is 1. The van der Waals surface area contributed by atoms with Gasteiger partial charge in [-0.15, -0.1) is 0 Å². The minimum Gasteiger partial charge on any atom is -0.493 e. The number of aryl methyl sites for hydroxylation is 1. The number of nitrogens with one attached hydrogen (secondary N) is 2. The maximum absolute atomic E-state index is 12.7. The summed E-state index contributed by atoms with van der Waals surface area (Å²) in [5.74, 6) is 1.54. The lowest BCUT2D eigenvalue weighted by Crippen LogP contribution is -2.04. The fourth-order valence-electron chi connectivity index (χ4n) is 4.31. The van der Waals surface area contributed by atoms with Crippen LogP contribution in [0.15, 0.2) is 12.1 Å². The van der Waals surface area contributed by atoms with Crippen molar-refractivity contribution in [1.29, 1.82) is 0 Å². The first-order valence-electron chi connectivity index (χ1n) is 9.56. The Hall–Kier alpha value is -2.69. The molecule has 0 fully saturated rings. The minimum absolute atomic E-state index is 0.0948. The zero-order chi connectivity index (χ0) is 19.1. The summed E-state index contributed by atoms with van der Waals surface area (Å²) in [5, 5.41) is 2.95. The number of benzene rings is 1. The fourth-order valence-corrected chi connectivity index (χ4v) is 4.31. The molecule has 0 radical (unpaired) electrons. The number of rotatable bonds is 4. The number of ether oxygens (including phenoxy) is 2. The summed E-state index contributed by atoms with van der Waals surface area (Å²) in [6.45, 7) is 4.44. The zero-order valence-electron chi connectivity index (χ0n) is 16.4. The molecule has 0 atom stereocenters. The first kappa shape index (κ1) is 17.7. The second-order valence-electron chi connectivity index (χ2n) is 7.54. The van der Waals surface area contributed by atoms with E-state index in [1.54, 1.807) is 14.2 Å². The number of amides is 1. The van der Waals surface area contributed by atoms with Gasteiger partial charge >= 0.3 is 0 Å². The highest BCUT2D eigenvalue weighted by Gasteiger charge is 2.28.